The Morgan fingerprint density at radius 3 is 2.89 bits per heavy atom. The number of fused-ring (bicyclic) bond motifs is 1. The van der Waals surface area contributed by atoms with Gasteiger partial charge in [-0.1, -0.05) is 6.07 Å². The summed E-state index contributed by atoms with van der Waals surface area (Å²) in [5.74, 6) is -0.795. The van der Waals surface area contributed by atoms with E-state index < -0.39 is 12.1 Å². The van der Waals surface area contributed by atoms with Crippen molar-refractivity contribution in [1.29, 1.82) is 0 Å². The van der Waals surface area contributed by atoms with Crippen molar-refractivity contribution >= 4 is 17.6 Å². The lowest BCUT2D eigenvalue weighted by Crippen LogP contribution is -2.46. The number of aryl methyl sites for hydroxylation is 1. The molecule has 0 N–H and O–H groups in total. The summed E-state index contributed by atoms with van der Waals surface area (Å²) in [5, 5.41) is 10.5. The third kappa shape index (κ3) is 2.30. The first-order chi connectivity index (χ1) is 8.49. The molecule has 1 aromatic carbocycles. The monoisotopic (exact) mass is 248 g/mol. The molecule has 5 nitrogen and oxygen atoms in total. The standard InChI is InChI=1S/C13H15NO4/c1-8-3-4-11-10(7-8)14(6-5-12(15)16)13(17)9(2)18-11/h3-4,7,9H,5-6H2,1-2H3,(H,15,16)/p-1/t9-/m1/s1. The average Bonchev–Trinajstić information content (AvgIpc) is 2.30. The van der Waals surface area contributed by atoms with Gasteiger partial charge in [0.05, 0.1) is 5.69 Å². The molecule has 0 saturated heterocycles. The summed E-state index contributed by atoms with van der Waals surface area (Å²) < 4.78 is 5.48. The van der Waals surface area contributed by atoms with Crippen LogP contribution in [-0.4, -0.2) is 24.5 Å². The molecule has 0 bridgehead atoms. The number of carbonyl (C=O) groups is 2. The first-order valence-electron chi connectivity index (χ1n) is 5.77. The van der Waals surface area contributed by atoms with Gasteiger partial charge in [0.25, 0.3) is 5.91 Å². The van der Waals surface area contributed by atoms with Crippen molar-refractivity contribution in [2.45, 2.75) is 26.4 Å². The Morgan fingerprint density at radius 1 is 1.50 bits per heavy atom. The van der Waals surface area contributed by atoms with Crippen LogP contribution in [0.25, 0.3) is 0 Å². The van der Waals surface area contributed by atoms with Crippen LogP contribution in [0.2, 0.25) is 0 Å². The van der Waals surface area contributed by atoms with Gasteiger partial charge in [0, 0.05) is 18.9 Å². The molecule has 0 spiro atoms. The maximum atomic E-state index is 12.0. The third-order valence-corrected chi connectivity index (χ3v) is 2.86. The van der Waals surface area contributed by atoms with Crippen LogP contribution in [0.1, 0.15) is 18.9 Å². The van der Waals surface area contributed by atoms with Gasteiger partial charge in [0.15, 0.2) is 6.10 Å². The molecule has 1 aromatic rings. The second kappa shape index (κ2) is 4.68. The molecule has 0 saturated carbocycles. The topological polar surface area (TPSA) is 69.7 Å². The molecule has 1 atom stereocenters. The highest BCUT2D eigenvalue weighted by Crippen LogP contribution is 2.34. The Bertz CT molecular complexity index is 498. The highest BCUT2D eigenvalue weighted by Gasteiger charge is 2.31. The molecule has 1 aliphatic rings. The fraction of sp³-hybridized carbons (Fsp3) is 0.385. The van der Waals surface area contributed by atoms with Gasteiger partial charge >= 0.3 is 0 Å². The van der Waals surface area contributed by atoms with Crippen molar-refractivity contribution in [1.82, 2.24) is 0 Å². The number of amides is 1. The Balaban J connectivity index is 2.34. The van der Waals surface area contributed by atoms with Crippen LogP contribution in [-0.2, 0) is 9.59 Å². The fourth-order valence-corrected chi connectivity index (χ4v) is 1.95. The van der Waals surface area contributed by atoms with Crippen LogP contribution in [0.15, 0.2) is 18.2 Å². The number of rotatable bonds is 3. The number of carboxylic acids is 1. The lowest BCUT2D eigenvalue weighted by molar-refractivity contribution is -0.305. The molecular formula is C13H14NO4-. The molecule has 0 unspecified atom stereocenters. The first-order valence-corrected chi connectivity index (χ1v) is 5.77. The van der Waals surface area contributed by atoms with E-state index >= 15 is 0 Å². The molecular weight excluding hydrogens is 234 g/mol. The van der Waals surface area contributed by atoms with Crippen LogP contribution >= 0.6 is 0 Å². The van der Waals surface area contributed by atoms with Gasteiger partial charge < -0.3 is 19.5 Å². The Morgan fingerprint density at radius 2 is 2.22 bits per heavy atom. The summed E-state index contributed by atoms with van der Waals surface area (Å²) in [6.07, 6.45) is -0.784. The number of aliphatic carboxylic acids is 1. The van der Waals surface area contributed by atoms with Gasteiger partial charge in [0.2, 0.25) is 0 Å². The normalized spacial score (nSPS) is 18.2. The van der Waals surface area contributed by atoms with Crippen molar-refractivity contribution in [2.24, 2.45) is 0 Å². The minimum absolute atomic E-state index is 0.102. The number of hydrogen-bond donors (Lipinski definition) is 0. The Labute approximate surface area is 105 Å². The second-order valence-corrected chi connectivity index (χ2v) is 4.34. The molecule has 5 heteroatoms. The summed E-state index contributed by atoms with van der Waals surface area (Å²) >= 11 is 0. The van der Waals surface area contributed by atoms with Crippen LogP contribution in [0.5, 0.6) is 5.75 Å². The van der Waals surface area contributed by atoms with E-state index in [0.29, 0.717) is 11.4 Å². The molecule has 1 amide bonds. The van der Waals surface area contributed by atoms with E-state index in [4.69, 9.17) is 4.74 Å². The molecule has 0 radical (unpaired) electrons. The average molecular weight is 248 g/mol. The van der Waals surface area contributed by atoms with Crippen molar-refractivity contribution in [3.05, 3.63) is 23.8 Å². The zero-order valence-electron chi connectivity index (χ0n) is 10.3. The first kappa shape index (κ1) is 12.4. The number of hydrogen-bond acceptors (Lipinski definition) is 4. The zero-order chi connectivity index (χ0) is 13.3. The minimum Gasteiger partial charge on any atom is -0.550 e. The summed E-state index contributed by atoms with van der Waals surface area (Å²) in [4.78, 5) is 24.0. The Hall–Kier alpha value is -2.04. The highest BCUT2D eigenvalue weighted by molar-refractivity contribution is 6.00. The van der Waals surface area contributed by atoms with Gasteiger partial charge in [-0.2, -0.15) is 0 Å². The van der Waals surface area contributed by atoms with Gasteiger partial charge in [-0.25, -0.2) is 0 Å². The molecule has 18 heavy (non-hydrogen) atoms. The van der Waals surface area contributed by atoms with Crippen molar-refractivity contribution < 1.29 is 19.4 Å². The van der Waals surface area contributed by atoms with Crippen LogP contribution in [0, 0.1) is 6.92 Å². The van der Waals surface area contributed by atoms with E-state index in [9.17, 15) is 14.7 Å². The predicted molar refractivity (Wildman–Crippen MR) is 63.2 cm³/mol. The molecule has 1 aliphatic heterocycles. The fourth-order valence-electron chi connectivity index (χ4n) is 1.95. The van der Waals surface area contributed by atoms with Gasteiger partial charge in [0.1, 0.15) is 5.75 Å². The second-order valence-electron chi connectivity index (χ2n) is 4.34. The molecule has 1 heterocycles. The number of anilines is 1. The van der Waals surface area contributed by atoms with Gasteiger partial charge in [-0.15, -0.1) is 0 Å². The lowest BCUT2D eigenvalue weighted by Gasteiger charge is -2.33. The molecule has 2 rings (SSSR count). The smallest absolute Gasteiger partial charge is 0.267 e. The third-order valence-electron chi connectivity index (χ3n) is 2.86. The van der Waals surface area contributed by atoms with E-state index in [1.54, 1.807) is 13.0 Å². The molecule has 96 valence electrons. The summed E-state index contributed by atoms with van der Waals surface area (Å²) in [6.45, 7) is 3.65. The largest absolute Gasteiger partial charge is 0.550 e. The SMILES string of the molecule is Cc1ccc2c(c1)N(CCC(=O)[O-])C(=O)[C@@H](C)O2. The van der Waals surface area contributed by atoms with Gasteiger partial charge in [-0.05, 0) is 31.5 Å². The van der Waals surface area contributed by atoms with E-state index in [1.165, 1.54) is 4.90 Å². The number of nitrogens with zero attached hydrogens (tertiary/aromatic N) is 1. The van der Waals surface area contributed by atoms with Crippen LogP contribution < -0.4 is 14.7 Å². The lowest BCUT2D eigenvalue weighted by atomic mass is 10.1. The predicted octanol–water partition coefficient (Wildman–Crippen LogP) is 0.249. The molecule has 0 aliphatic carbocycles. The molecule has 0 aromatic heterocycles. The van der Waals surface area contributed by atoms with Crippen molar-refractivity contribution in [3.8, 4) is 5.75 Å². The number of benzene rings is 1. The Kier molecular flexibility index (Phi) is 3.23. The van der Waals surface area contributed by atoms with E-state index in [2.05, 4.69) is 0 Å². The van der Waals surface area contributed by atoms with Crippen LogP contribution in [0.4, 0.5) is 5.69 Å². The number of ether oxygens (including phenoxy) is 1. The van der Waals surface area contributed by atoms with E-state index in [1.807, 2.05) is 19.1 Å². The highest BCUT2D eigenvalue weighted by atomic mass is 16.5. The minimum atomic E-state index is -1.17. The van der Waals surface area contributed by atoms with Gasteiger partial charge in [-0.3, -0.25) is 4.79 Å². The van der Waals surface area contributed by atoms with Crippen LogP contribution in [0.3, 0.4) is 0 Å². The maximum absolute atomic E-state index is 12.0. The van der Waals surface area contributed by atoms with E-state index in [0.717, 1.165) is 5.56 Å². The van der Waals surface area contributed by atoms with Crippen molar-refractivity contribution in [3.63, 3.8) is 0 Å². The van der Waals surface area contributed by atoms with E-state index in [-0.39, 0.29) is 18.9 Å². The summed E-state index contributed by atoms with van der Waals surface area (Å²) in [5.41, 5.74) is 1.61. The maximum Gasteiger partial charge on any atom is 0.267 e. The number of carbonyl (C=O) groups excluding carboxylic acids is 2. The summed E-state index contributed by atoms with van der Waals surface area (Å²) in [7, 11) is 0. The quantitative estimate of drug-likeness (QED) is 0.768. The van der Waals surface area contributed by atoms with Crippen molar-refractivity contribution in [2.75, 3.05) is 11.4 Å². The number of carboxylic acid groups (broad SMARTS) is 1. The zero-order valence-corrected chi connectivity index (χ0v) is 10.3. The summed E-state index contributed by atoms with van der Waals surface area (Å²) in [6, 6.07) is 5.49. The molecule has 0 fully saturated rings.